The summed E-state index contributed by atoms with van der Waals surface area (Å²) in [5.41, 5.74) is 13.1. The van der Waals surface area contributed by atoms with Crippen LogP contribution in [0.3, 0.4) is 0 Å². The molecule has 7 aromatic carbocycles. The summed E-state index contributed by atoms with van der Waals surface area (Å²) in [7, 11) is 0. The van der Waals surface area contributed by atoms with E-state index in [1.807, 2.05) is 24.3 Å². The number of nitrogens with zero attached hydrogens (tertiary/aromatic N) is 4. The fourth-order valence-corrected chi connectivity index (χ4v) is 9.32. The van der Waals surface area contributed by atoms with Gasteiger partial charge >= 0.3 is 0 Å². The van der Waals surface area contributed by atoms with E-state index in [4.69, 9.17) is 15.2 Å². The Morgan fingerprint density at radius 2 is 1.19 bits per heavy atom. The Bertz CT molecular complexity index is 3600. The number of benzene rings is 7. The first-order valence-electron chi connectivity index (χ1n) is 26.0. The van der Waals surface area contributed by atoms with E-state index in [2.05, 4.69) is 215 Å². The molecule has 1 aliphatic rings. The third-order valence-corrected chi connectivity index (χ3v) is 13.3. The summed E-state index contributed by atoms with van der Waals surface area (Å²) in [4.78, 5) is 9.30. The van der Waals surface area contributed by atoms with Crippen LogP contribution in [0.4, 0.5) is 22.7 Å². The van der Waals surface area contributed by atoms with Gasteiger partial charge in [-0.3, -0.25) is 0 Å². The Hall–Kier alpha value is -6.42. The van der Waals surface area contributed by atoms with Crippen LogP contribution in [-0.4, -0.2) is 9.55 Å². The van der Waals surface area contributed by atoms with Gasteiger partial charge in [0.15, 0.2) is 0 Å². The number of rotatable bonds is 7. The number of pyridine rings is 1. The van der Waals surface area contributed by atoms with Crippen molar-refractivity contribution in [1.29, 1.82) is 0 Å². The molecule has 1 aliphatic heterocycles. The number of aromatic nitrogens is 2. The molecule has 0 unspecified atom stereocenters. The number of fused-ring (bicyclic) bond motifs is 4. The van der Waals surface area contributed by atoms with Crippen molar-refractivity contribution in [3.8, 4) is 39.6 Å². The minimum Gasteiger partial charge on any atom is -0.509 e. The Balaban J connectivity index is 0.00000672. The molecule has 0 bridgehead atoms. The van der Waals surface area contributed by atoms with Crippen molar-refractivity contribution in [2.24, 2.45) is 0 Å². The molecule has 0 fully saturated rings. The zero-order valence-electron chi connectivity index (χ0n) is 46.3. The molecule has 0 saturated heterocycles. The second-order valence-electron chi connectivity index (χ2n) is 22.4. The summed E-state index contributed by atoms with van der Waals surface area (Å²) in [5, 5.41) is 1.02. The van der Waals surface area contributed by atoms with Crippen LogP contribution in [0.15, 0.2) is 158 Å². The van der Waals surface area contributed by atoms with Gasteiger partial charge in [0.05, 0.1) is 5.48 Å². The molecule has 358 valence electrons. The van der Waals surface area contributed by atoms with Crippen molar-refractivity contribution in [3.05, 3.63) is 199 Å². The Labute approximate surface area is 436 Å². The van der Waals surface area contributed by atoms with Gasteiger partial charge in [-0.05, 0) is 79.8 Å². The van der Waals surface area contributed by atoms with Gasteiger partial charge in [-0.1, -0.05) is 191 Å². The van der Waals surface area contributed by atoms with Crippen molar-refractivity contribution in [2.45, 2.75) is 105 Å². The van der Waals surface area contributed by atoms with Gasteiger partial charge in [-0.25, -0.2) is 4.98 Å². The SMILES string of the molecule is [2H]c1c([2H])c([2H])c2c(c1[2H])c1ccc(Oc3[c-]c(N4[CH-]N(c5c(-c6ccccc6)cccc5-c5cc(C(C)(C)C)cc(C(C)(C)C)c5)c5ccccc54)ccc3C(C)(C)C)[c-]c1n2-c1cc(C(C)(C)C)ccn1.[Pt]. The molecule has 10 rings (SSSR count). The fraction of sp³-hybridized carbons (Fsp3) is 0.250. The van der Waals surface area contributed by atoms with E-state index in [-0.39, 0.29) is 66.9 Å². The van der Waals surface area contributed by atoms with Crippen molar-refractivity contribution < 1.29 is 31.3 Å². The number of hydrogen-bond donors (Lipinski definition) is 0. The van der Waals surface area contributed by atoms with Crippen LogP contribution in [0.1, 0.15) is 111 Å². The smallest absolute Gasteiger partial charge is 0.135 e. The molecular weight excluding hydrogens is 1040 g/mol. The molecule has 0 radical (unpaired) electrons. The number of ether oxygens (including phenoxy) is 1. The second kappa shape index (κ2) is 18.1. The fourth-order valence-electron chi connectivity index (χ4n) is 9.32. The Kier molecular flexibility index (Phi) is 11.3. The predicted octanol–water partition coefficient (Wildman–Crippen LogP) is 17.5. The average Bonchev–Trinajstić information content (AvgIpc) is 3.90. The topological polar surface area (TPSA) is 33.5 Å². The second-order valence-corrected chi connectivity index (χ2v) is 22.4. The predicted molar refractivity (Wildman–Crippen MR) is 290 cm³/mol. The summed E-state index contributed by atoms with van der Waals surface area (Å²) in [6.07, 6.45) is 1.75. The monoisotopic (exact) mass is 1100 g/mol. The maximum atomic E-state index is 9.15. The van der Waals surface area contributed by atoms with Gasteiger partial charge in [-0.15, -0.1) is 47.6 Å². The maximum Gasteiger partial charge on any atom is 0.135 e. The number of anilines is 4. The number of hydrogen-bond acceptors (Lipinski definition) is 4. The molecule has 0 saturated carbocycles. The van der Waals surface area contributed by atoms with Gasteiger partial charge in [0, 0.05) is 72.5 Å². The first-order valence-corrected chi connectivity index (χ1v) is 24.0. The van der Waals surface area contributed by atoms with E-state index in [9.17, 15) is 0 Å². The van der Waals surface area contributed by atoms with E-state index in [1.54, 1.807) is 10.8 Å². The molecule has 3 heterocycles. The van der Waals surface area contributed by atoms with Crippen LogP contribution in [0.2, 0.25) is 0 Å². The summed E-state index contributed by atoms with van der Waals surface area (Å²) >= 11 is 0. The van der Waals surface area contributed by atoms with Crippen LogP contribution >= 0.6 is 0 Å². The maximum absolute atomic E-state index is 9.15. The molecule has 5 nitrogen and oxygen atoms in total. The first kappa shape index (κ1) is 43.6. The molecule has 0 amide bonds. The van der Waals surface area contributed by atoms with E-state index >= 15 is 0 Å². The van der Waals surface area contributed by atoms with Crippen LogP contribution in [0, 0.1) is 18.8 Å². The summed E-state index contributed by atoms with van der Waals surface area (Å²) in [6.45, 7) is 28.7. The van der Waals surface area contributed by atoms with Gasteiger partial charge in [0.1, 0.15) is 5.82 Å². The van der Waals surface area contributed by atoms with Crippen molar-refractivity contribution in [1.82, 2.24) is 9.55 Å². The molecule has 0 N–H and O–H groups in total. The standard InChI is InChI=1S/C64H63N4O.Pt/c1-61(2,3)44-33-34-65-59(38-44)68-54-26-17-16-23-51(54)52-31-30-48(40-57(52)68)69-58-39-47(29-32-53(58)64(10,11)12)66-41-67(56-28-19-18-27-55(56)66)60-49(42-21-14-13-15-22-42)24-20-25-50(60)43-35-45(62(4,5)6)37-46(36-43)63(7,8)9;/h13-38,41H,1-12H3;/q-3;/i16D,17D,23D,26D;. The van der Waals surface area contributed by atoms with Gasteiger partial charge in [-0.2, -0.15) is 12.1 Å². The first-order chi connectivity index (χ1) is 34.4. The van der Waals surface area contributed by atoms with Gasteiger partial charge in [0.25, 0.3) is 0 Å². The van der Waals surface area contributed by atoms with E-state index < -0.39 is 0 Å². The van der Waals surface area contributed by atoms with Crippen LogP contribution in [0.5, 0.6) is 11.5 Å². The molecule has 2 aromatic heterocycles. The molecule has 0 aliphatic carbocycles. The summed E-state index contributed by atoms with van der Waals surface area (Å²) < 4.78 is 44.3. The van der Waals surface area contributed by atoms with Crippen LogP contribution < -0.4 is 14.5 Å². The van der Waals surface area contributed by atoms with Gasteiger partial charge in [0.2, 0.25) is 0 Å². The average molecular weight is 1100 g/mol. The molecular formula is C64H63N4OPt-3. The molecule has 0 spiro atoms. The largest absolute Gasteiger partial charge is 0.509 e. The third kappa shape index (κ3) is 9.10. The van der Waals surface area contributed by atoms with Crippen molar-refractivity contribution >= 4 is 44.6 Å². The zero-order chi connectivity index (χ0) is 52.1. The molecule has 70 heavy (non-hydrogen) atoms. The van der Waals surface area contributed by atoms with E-state index in [1.165, 1.54) is 11.1 Å². The third-order valence-electron chi connectivity index (χ3n) is 13.3. The normalized spacial score (nSPS) is 14.0. The van der Waals surface area contributed by atoms with Crippen molar-refractivity contribution in [2.75, 3.05) is 9.80 Å². The van der Waals surface area contributed by atoms with Crippen LogP contribution in [-0.2, 0) is 42.7 Å². The van der Waals surface area contributed by atoms with E-state index in [0.717, 1.165) is 56.1 Å². The zero-order valence-corrected chi connectivity index (χ0v) is 44.6. The molecule has 6 heteroatoms. The molecule has 0 atom stereocenters. The summed E-state index contributed by atoms with van der Waals surface area (Å²) in [6, 6.07) is 51.2. The Morgan fingerprint density at radius 3 is 1.84 bits per heavy atom. The van der Waals surface area contributed by atoms with Crippen LogP contribution in [0.25, 0.3) is 49.9 Å². The van der Waals surface area contributed by atoms with Gasteiger partial charge < -0.3 is 19.1 Å². The minimum atomic E-state index is -0.342. The quantitative estimate of drug-likeness (QED) is 0.149. The van der Waals surface area contributed by atoms with Crippen molar-refractivity contribution in [3.63, 3.8) is 0 Å². The minimum absolute atomic E-state index is 0. The number of para-hydroxylation sites is 4. The Morgan fingerprint density at radius 1 is 0.557 bits per heavy atom. The van der Waals surface area contributed by atoms with E-state index in [0.29, 0.717) is 39.1 Å². The summed E-state index contributed by atoms with van der Waals surface area (Å²) in [5.74, 6) is 1.46. The molecule has 9 aromatic rings.